The number of carbonyl (C=O) groups is 1. The lowest BCUT2D eigenvalue weighted by Gasteiger charge is -2.34. The lowest BCUT2D eigenvalue weighted by molar-refractivity contribution is 0.112. The van der Waals surface area contributed by atoms with Crippen LogP contribution in [-0.4, -0.2) is 36.0 Å². The number of fused-ring (bicyclic) bond motifs is 1. The van der Waals surface area contributed by atoms with E-state index in [0.29, 0.717) is 11.5 Å². The van der Waals surface area contributed by atoms with E-state index in [2.05, 4.69) is 33.4 Å². The average Bonchev–Trinajstić information content (AvgIpc) is 2.75. The SMILES string of the molecule is O=Cc1c(O)ccc2cc(N3CCC(CNCc4cccnc4)CC3)ccc12. The maximum atomic E-state index is 11.3. The van der Waals surface area contributed by atoms with E-state index in [9.17, 15) is 9.90 Å². The van der Waals surface area contributed by atoms with Gasteiger partial charge in [-0.2, -0.15) is 0 Å². The van der Waals surface area contributed by atoms with Crippen molar-refractivity contribution in [2.45, 2.75) is 19.4 Å². The second kappa shape index (κ2) is 8.40. The van der Waals surface area contributed by atoms with Crippen LogP contribution in [0.2, 0.25) is 0 Å². The van der Waals surface area contributed by atoms with Gasteiger partial charge < -0.3 is 15.3 Å². The number of nitrogens with one attached hydrogen (secondary N) is 1. The van der Waals surface area contributed by atoms with E-state index in [4.69, 9.17) is 0 Å². The molecule has 1 fully saturated rings. The standard InChI is InChI=1S/C23H25N3O2/c27-16-22-21-5-4-20(12-19(21)3-6-23(22)28)26-10-7-17(8-11-26)13-25-15-18-2-1-9-24-14-18/h1-6,9,12,14,16-17,25,28H,7-8,10-11,13,15H2. The van der Waals surface area contributed by atoms with E-state index in [-0.39, 0.29) is 5.75 Å². The number of rotatable bonds is 6. The number of piperidine rings is 1. The predicted octanol–water partition coefficient (Wildman–Crippen LogP) is 3.76. The third-order valence-corrected chi connectivity index (χ3v) is 5.60. The zero-order valence-electron chi connectivity index (χ0n) is 15.8. The smallest absolute Gasteiger partial charge is 0.154 e. The summed E-state index contributed by atoms with van der Waals surface area (Å²) >= 11 is 0. The summed E-state index contributed by atoms with van der Waals surface area (Å²) in [6.07, 6.45) is 6.75. The fourth-order valence-electron chi connectivity index (χ4n) is 3.97. The molecule has 2 heterocycles. The van der Waals surface area contributed by atoms with Crippen LogP contribution in [0.5, 0.6) is 5.75 Å². The molecule has 0 saturated carbocycles. The van der Waals surface area contributed by atoms with Gasteiger partial charge in [-0.15, -0.1) is 0 Å². The first-order chi connectivity index (χ1) is 13.7. The molecule has 1 saturated heterocycles. The molecule has 4 rings (SSSR count). The molecule has 0 spiro atoms. The highest BCUT2D eigenvalue weighted by Gasteiger charge is 2.19. The van der Waals surface area contributed by atoms with Crippen LogP contribution in [0.25, 0.3) is 10.8 Å². The van der Waals surface area contributed by atoms with Crippen molar-refractivity contribution in [2.75, 3.05) is 24.5 Å². The third kappa shape index (κ3) is 3.99. The summed E-state index contributed by atoms with van der Waals surface area (Å²) in [6, 6.07) is 13.6. The van der Waals surface area contributed by atoms with Gasteiger partial charge in [-0.3, -0.25) is 9.78 Å². The fraction of sp³-hybridized carbons (Fsp3) is 0.304. The first-order valence-corrected chi connectivity index (χ1v) is 9.80. The highest BCUT2D eigenvalue weighted by Crippen LogP contribution is 2.30. The van der Waals surface area contributed by atoms with Crippen molar-refractivity contribution in [3.63, 3.8) is 0 Å². The van der Waals surface area contributed by atoms with Gasteiger partial charge in [-0.05, 0) is 65.9 Å². The fourth-order valence-corrected chi connectivity index (χ4v) is 3.97. The Morgan fingerprint density at radius 3 is 2.79 bits per heavy atom. The lowest BCUT2D eigenvalue weighted by atomic mass is 9.95. The molecule has 2 aromatic carbocycles. The first kappa shape index (κ1) is 18.4. The molecule has 28 heavy (non-hydrogen) atoms. The molecule has 5 nitrogen and oxygen atoms in total. The van der Waals surface area contributed by atoms with Crippen molar-refractivity contribution in [1.82, 2.24) is 10.3 Å². The minimum absolute atomic E-state index is 0.0369. The molecule has 1 aromatic heterocycles. The Bertz CT molecular complexity index is 951. The number of benzene rings is 2. The van der Waals surface area contributed by atoms with E-state index >= 15 is 0 Å². The molecule has 144 valence electrons. The van der Waals surface area contributed by atoms with Gasteiger partial charge in [-0.1, -0.05) is 18.2 Å². The number of pyridine rings is 1. The Hall–Kier alpha value is -2.92. The zero-order valence-corrected chi connectivity index (χ0v) is 15.8. The Kier molecular flexibility index (Phi) is 5.53. The molecule has 1 aliphatic rings. The molecule has 0 amide bonds. The number of phenols is 1. The van der Waals surface area contributed by atoms with Crippen LogP contribution >= 0.6 is 0 Å². The van der Waals surface area contributed by atoms with Crippen LogP contribution in [0.4, 0.5) is 5.69 Å². The van der Waals surface area contributed by atoms with Crippen molar-refractivity contribution in [3.8, 4) is 5.75 Å². The summed E-state index contributed by atoms with van der Waals surface area (Å²) < 4.78 is 0. The van der Waals surface area contributed by atoms with E-state index < -0.39 is 0 Å². The minimum atomic E-state index is 0.0369. The second-order valence-electron chi connectivity index (χ2n) is 7.44. The molecular formula is C23H25N3O2. The van der Waals surface area contributed by atoms with Crippen LogP contribution in [0, 0.1) is 5.92 Å². The van der Waals surface area contributed by atoms with Gasteiger partial charge in [0.25, 0.3) is 0 Å². The highest BCUT2D eigenvalue weighted by molar-refractivity contribution is 6.01. The van der Waals surface area contributed by atoms with E-state index in [0.717, 1.165) is 56.1 Å². The first-order valence-electron chi connectivity index (χ1n) is 9.80. The number of aldehydes is 1. The van der Waals surface area contributed by atoms with Crippen molar-refractivity contribution in [2.24, 2.45) is 5.92 Å². The number of aromatic hydroxyl groups is 1. The molecule has 0 unspecified atom stereocenters. The van der Waals surface area contributed by atoms with Crippen LogP contribution in [0.1, 0.15) is 28.8 Å². The van der Waals surface area contributed by atoms with Crippen LogP contribution in [0.3, 0.4) is 0 Å². The maximum absolute atomic E-state index is 11.3. The molecule has 0 radical (unpaired) electrons. The minimum Gasteiger partial charge on any atom is -0.507 e. The van der Waals surface area contributed by atoms with Gasteiger partial charge in [0.2, 0.25) is 0 Å². The Balaban J connectivity index is 1.34. The Labute approximate surface area is 165 Å². The monoisotopic (exact) mass is 375 g/mol. The summed E-state index contributed by atoms with van der Waals surface area (Å²) in [4.78, 5) is 17.8. The van der Waals surface area contributed by atoms with Crippen molar-refractivity contribution >= 4 is 22.7 Å². The molecule has 0 atom stereocenters. The number of aromatic nitrogens is 1. The summed E-state index contributed by atoms with van der Waals surface area (Å²) in [7, 11) is 0. The number of phenolic OH excluding ortho intramolecular Hbond substituents is 1. The molecule has 3 aromatic rings. The lowest BCUT2D eigenvalue weighted by Crippen LogP contribution is -2.37. The summed E-state index contributed by atoms with van der Waals surface area (Å²) in [5.41, 5.74) is 2.76. The van der Waals surface area contributed by atoms with E-state index in [1.807, 2.05) is 24.4 Å². The third-order valence-electron chi connectivity index (χ3n) is 5.60. The largest absolute Gasteiger partial charge is 0.507 e. The summed E-state index contributed by atoms with van der Waals surface area (Å²) in [6.45, 7) is 3.96. The van der Waals surface area contributed by atoms with Crippen LogP contribution < -0.4 is 10.2 Å². The quantitative estimate of drug-likeness (QED) is 0.642. The molecule has 1 aliphatic heterocycles. The maximum Gasteiger partial charge on any atom is 0.154 e. The van der Waals surface area contributed by atoms with E-state index in [1.54, 1.807) is 12.3 Å². The average molecular weight is 375 g/mol. The second-order valence-corrected chi connectivity index (χ2v) is 7.44. The molecule has 0 bridgehead atoms. The zero-order chi connectivity index (χ0) is 19.3. The number of hydrogen-bond acceptors (Lipinski definition) is 5. The summed E-state index contributed by atoms with van der Waals surface area (Å²) in [5, 5.41) is 15.2. The van der Waals surface area contributed by atoms with E-state index in [1.165, 1.54) is 11.3 Å². The van der Waals surface area contributed by atoms with Gasteiger partial charge in [-0.25, -0.2) is 0 Å². The number of anilines is 1. The topological polar surface area (TPSA) is 65.5 Å². The number of carbonyl (C=O) groups excluding carboxylic acids is 1. The van der Waals surface area contributed by atoms with Gasteiger partial charge >= 0.3 is 0 Å². The number of hydrogen-bond donors (Lipinski definition) is 2. The van der Waals surface area contributed by atoms with Gasteiger partial charge in [0, 0.05) is 37.7 Å². The van der Waals surface area contributed by atoms with Gasteiger partial charge in [0.15, 0.2) is 6.29 Å². The van der Waals surface area contributed by atoms with Gasteiger partial charge in [0.05, 0.1) is 5.56 Å². The Morgan fingerprint density at radius 2 is 2.04 bits per heavy atom. The predicted molar refractivity (Wildman–Crippen MR) is 112 cm³/mol. The van der Waals surface area contributed by atoms with Crippen molar-refractivity contribution in [3.05, 3.63) is 66.0 Å². The van der Waals surface area contributed by atoms with Gasteiger partial charge in [0.1, 0.15) is 5.75 Å². The summed E-state index contributed by atoms with van der Waals surface area (Å²) in [5.74, 6) is 0.724. The van der Waals surface area contributed by atoms with Crippen LogP contribution in [-0.2, 0) is 6.54 Å². The van der Waals surface area contributed by atoms with Crippen molar-refractivity contribution < 1.29 is 9.90 Å². The molecular weight excluding hydrogens is 350 g/mol. The number of nitrogens with zero attached hydrogens (tertiary/aromatic N) is 2. The van der Waals surface area contributed by atoms with Crippen molar-refractivity contribution in [1.29, 1.82) is 0 Å². The Morgan fingerprint density at radius 1 is 1.18 bits per heavy atom. The normalized spacial score (nSPS) is 15.1. The molecule has 2 N–H and O–H groups in total. The molecule has 5 heteroatoms. The highest BCUT2D eigenvalue weighted by atomic mass is 16.3. The molecule has 0 aliphatic carbocycles. The van der Waals surface area contributed by atoms with Crippen LogP contribution in [0.15, 0.2) is 54.9 Å².